The number of aliphatic carboxylic acids is 1. The second-order valence-electron chi connectivity index (χ2n) is 11.4. The highest BCUT2D eigenvalue weighted by Gasteiger charge is 2.25. The van der Waals surface area contributed by atoms with Crippen molar-refractivity contribution in [2.45, 2.75) is 148 Å². The van der Waals surface area contributed by atoms with E-state index in [0.717, 1.165) is 19.3 Å². The van der Waals surface area contributed by atoms with Gasteiger partial charge in [-0.3, -0.25) is 0 Å². The van der Waals surface area contributed by atoms with E-state index in [2.05, 4.69) is 6.92 Å². The number of carbonyl (C=O) groups excluding carboxylic acids is 2. The summed E-state index contributed by atoms with van der Waals surface area (Å²) in [5.41, 5.74) is 0. The Balaban J connectivity index is 3.59. The number of aliphatic hydroxyl groups is 1. The standard InChI is InChI=1S/C29H57NO5/c1-5-6-7-8-9-10-11-12-13-14-15-16-17-18-19-20-21-22-23-27(31)29(34)35-26(24-28(32)33)25-30(2,3)4/h26-27,31H,5-25H2,1-4H3. The summed E-state index contributed by atoms with van der Waals surface area (Å²) in [7, 11) is 5.68. The lowest BCUT2D eigenvalue weighted by atomic mass is 10.0. The number of carboxylic acids is 1. The van der Waals surface area contributed by atoms with Crippen LogP contribution >= 0.6 is 0 Å². The van der Waals surface area contributed by atoms with Gasteiger partial charge < -0.3 is 24.2 Å². The molecule has 0 aromatic heterocycles. The lowest BCUT2D eigenvalue weighted by molar-refractivity contribution is -0.873. The van der Waals surface area contributed by atoms with Crippen molar-refractivity contribution >= 4 is 11.9 Å². The van der Waals surface area contributed by atoms with Crippen LogP contribution in [0.15, 0.2) is 0 Å². The molecule has 0 radical (unpaired) electrons. The highest BCUT2D eigenvalue weighted by molar-refractivity contribution is 5.75. The molecule has 2 unspecified atom stereocenters. The summed E-state index contributed by atoms with van der Waals surface area (Å²) in [6.45, 7) is 2.62. The number of hydrogen-bond acceptors (Lipinski definition) is 5. The third-order valence-corrected chi connectivity index (χ3v) is 6.53. The topological polar surface area (TPSA) is 86.7 Å². The van der Waals surface area contributed by atoms with Gasteiger partial charge in [0, 0.05) is 12.4 Å². The minimum atomic E-state index is -1.26. The van der Waals surface area contributed by atoms with Gasteiger partial charge in [0.05, 0.1) is 21.1 Å². The van der Waals surface area contributed by atoms with Crippen molar-refractivity contribution in [3.05, 3.63) is 0 Å². The van der Waals surface area contributed by atoms with Crippen molar-refractivity contribution in [3.63, 3.8) is 0 Å². The van der Waals surface area contributed by atoms with Crippen molar-refractivity contribution < 1.29 is 29.0 Å². The first kappa shape index (κ1) is 33.9. The minimum absolute atomic E-state index is 0.353. The Morgan fingerprint density at radius 1 is 0.714 bits per heavy atom. The molecule has 6 heteroatoms. The molecule has 0 rings (SSSR count). The van der Waals surface area contributed by atoms with Crippen LogP contribution in [-0.2, 0) is 14.3 Å². The molecule has 0 heterocycles. The highest BCUT2D eigenvalue weighted by atomic mass is 16.6. The van der Waals surface area contributed by atoms with Crippen molar-refractivity contribution in [2.24, 2.45) is 0 Å². The van der Waals surface area contributed by atoms with E-state index in [1.807, 2.05) is 21.1 Å². The van der Waals surface area contributed by atoms with E-state index in [-0.39, 0.29) is 6.42 Å². The molecule has 208 valence electrons. The second-order valence-corrected chi connectivity index (χ2v) is 11.4. The fraction of sp³-hybridized carbons (Fsp3) is 0.931. The van der Waals surface area contributed by atoms with E-state index < -0.39 is 24.1 Å². The van der Waals surface area contributed by atoms with Gasteiger partial charge in [-0.05, 0) is 6.42 Å². The lowest BCUT2D eigenvalue weighted by Gasteiger charge is -2.29. The number of rotatable bonds is 25. The Bertz CT molecular complexity index is 518. The average Bonchev–Trinajstić information content (AvgIpc) is 2.76. The Labute approximate surface area is 216 Å². The maximum atomic E-state index is 12.1. The number of nitrogens with zero attached hydrogens (tertiary/aromatic N) is 1. The smallest absolute Gasteiger partial charge is 0.335 e. The Kier molecular flexibility index (Phi) is 21.4. The monoisotopic (exact) mass is 499 g/mol. The Hall–Kier alpha value is -1.14. The van der Waals surface area contributed by atoms with Gasteiger partial charge in [0.1, 0.15) is 6.54 Å². The molecular weight excluding hydrogens is 442 g/mol. The maximum Gasteiger partial charge on any atom is 0.335 e. The van der Waals surface area contributed by atoms with Crippen molar-refractivity contribution in [1.29, 1.82) is 0 Å². The zero-order chi connectivity index (χ0) is 26.4. The van der Waals surface area contributed by atoms with Crippen LogP contribution < -0.4 is 5.11 Å². The van der Waals surface area contributed by atoms with E-state index in [0.29, 0.717) is 17.4 Å². The Morgan fingerprint density at radius 2 is 1.09 bits per heavy atom. The fourth-order valence-electron chi connectivity index (χ4n) is 4.54. The summed E-state index contributed by atoms with van der Waals surface area (Å²) in [4.78, 5) is 23.1. The van der Waals surface area contributed by atoms with Crippen LogP contribution in [0.4, 0.5) is 0 Å². The summed E-state index contributed by atoms with van der Waals surface area (Å²) in [6, 6.07) is 0. The molecule has 0 amide bonds. The zero-order valence-electron chi connectivity index (χ0n) is 23.5. The van der Waals surface area contributed by atoms with Crippen molar-refractivity contribution in [2.75, 3.05) is 27.7 Å². The molecule has 0 aromatic rings. The van der Waals surface area contributed by atoms with Crippen LogP contribution in [0.5, 0.6) is 0 Å². The average molecular weight is 500 g/mol. The molecule has 0 saturated heterocycles. The number of esters is 1. The van der Waals surface area contributed by atoms with Gasteiger partial charge in [0.25, 0.3) is 0 Å². The minimum Gasteiger partial charge on any atom is -0.550 e. The second kappa shape index (κ2) is 22.1. The van der Waals surface area contributed by atoms with Crippen molar-refractivity contribution in [3.8, 4) is 0 Å². The third kappa shape index (κ3) is 24.3. The number of aliphatic hydroxyl groups excluding tert-OH is 1. The lowest BCUT2D eigenvalue weighted by Crippen LogP contribution is -2.46. The van der Waals surface area contributed by atoms with Crippen LogP contribution in [-0.4, -0.2) is 61.4 Å². The first-order chi connectivity index (χ1) is 16.7. The number of carbonyl (C=O) groups is 2. The predicted octanol–water partition coefficient (Wildman–Crippen LogP) is 5.54. The quantitative estimate of drug-likeness (QED) is 0.101. The molecule has 1 N–H and O–H groups in total. The van der Waals surface area contributed by atoms with Gasteiger partial charge in [-0.2, -0.15) is 0 Å². The number of carboxylic acid groups (broad SMARTS) is 1. The van der Waals surface area contributed by atoms with E-state index in [9.17, 15) is 19.8 Å². The Morgan fingerprint density at radius 3 is 1.43 bits per heavy atom. The van der Waals surface area contributed by atoms with Gasteiger partial charge in [0.15, 0.2) is 12.2 Å². The van der Waals surface area contributed by atoms with Crippen LogP contribution in [0.2, 0.25) is 0 Å². The number of unbranched alkanes of at least 4 members (excludes halogenated alkanes) is 17. The number of quaternary nitrogens is 1. The van der Waals surface area contributed by atoms with E-state index in [4.69, 9.17) is 4.74 Å². The fourth-order valence-corrected chi connectivity index (χ4v) is 4.54. The summed E-state index contributed by atoms with van der Waals surface area (Å²) in [5, 5.41) is 21.0. The molecule has 0 aliphatic rings. The summed E-state index contributed by atoms with van der Waals surface area (Å²) < 4.78 is 5.72. The SMILES string of the molecule is CCCCCCCCCCCCCCCCCCCCC(O)C(=O)OC(CC(=O)[O-])C[N+](C)(C)C. The zero-order valence-corrected chi connectivity index (χ0v) is 23.5. The maximum absolute atomic E-state index is 12.1. The van der Waals surface area contributed by atoms with Gasteiger partial charge >= 0.3 is 5.97 Å². The molecule has 0 spiro atoms. The van der Waals surface area contributed by atoms with Gasteiger partial charge in [-0.25, -0.2) is 4.79 Å². The molecule has 0 fully saturated rings. The molecule has 0 bridgehead atoms. The third-order valence-electron chi connectivity index (χ3n) is 6.53. The summed E-state index contributed by atoms with van der Waals surface area (Å²) in [6.07, 6.45) is 21.4. The van der Waals surface area contributed by atoms with Gasteiger partial charge in [-0.1, -0.05) is 122 Å². The molecule has 0 saturated carbocycles. The molecule has 35 heavy (non-hydrogen) atoms. The first-order valence-electron chi connectivity index (χ1n) is 14.5. The van der Waals surface area contributed by atoms with Gasteiger partial charge in [0.2, 0.25) is 0 Å². The van der Waals surface area contributed by atoms with Crippen LogP contribution in [0.25, 0.3) is 0 Å². The van der Waals surface area contributed by atoms with Crippen LogP contribution in [0, 0.1) is 0 Å². The van der Waals surface area contributed by atoms with Crippen molar-refractivity contribution in [1.82, 2.24) is 0 Å². The van der Waals surface area contributed by atoms with Gasteiger partial charge in [-0.15, -0.1) is 0 Å². The van der Waals surface area contributed by atoms with E-state index in [1.54, 1.807) is 0 Å². The van der Waals surface area contributed by atoms with Crippen LogP contribution in [0.3, 0.4) is 0 Å². The van der Waals surface area contributed by atoms with Crippen LogP contribution in [0.1, 0.15) is 135 Å². The van der Waals surface area contributed by atoms with E-state index >= 15 is 0 Å². The molecule has 0 aromatic carbocycles. The predicted molar refractivity (Wildman–Crippen MR) is 142 cm³/mol. The first-order valence-corrected chi connectivity index (χ1v) is 14.5. The molecule has 0 aliphatic heterocycles. The summed E-state index contributed by atoms with van der Waals surface area (Å²) in [5.74, 6) is -1.98. The highest BCUT2D eigenvalue weighted by Crippen LogP contribution is 2.15. The number of likely N-dealkylation sites (N-methyl/N-ethyl adjacent to an activating group) is 1. The molecule has 6 nitrogen and oxygen atoms in total. The molecule has 2 atom stereocenters. The van der Waals surface area contributed by atoms with E-state index in [1.165, 1.54) is 96.3 Å². The largest absolute Gasteiger partial charge is 0.550 e. The number of hydrogen-bond donors (Lipinski definition) is 1. The normalized spacial score (nSPS) is 13.5. The summed E-state index contributed by atoms with van der Waals surface area (Å²) >= 11 is 0. The number of ether oxygens (including phenoxy) is 1. The molecular formula is C29H57NO5. The molecule has 0 aliphatic carbocycles.